The van der Waals surface area contributed by atoms with Crippen LogP contribution in [0.5, 0.6) is 11.5 Å². The highest BCUT2D eigenvalue weighted by Crippen LogP contribution is 2.31. The third-order valence-electron chi connectivity index (χ3n) is 3.93. The zero-order chi connectivity index (χ0) is 19.4. The van der Waals surface area contributed by atoms with Crippen molar-refractivity contribution in [2.24, 2.45) is 0 Å². The van der Waals surface area contributed by atoms with Crippen LogP contribution in [-0.2, 0) is 4.74 Å². The van der Waals surface area contributed by atoms with Gasteiger partial charge in [0.25, 0.3) is 0 Å². The molecule has 3 rings (SSSR count). The van der Waals surface area contributed by atoms with Crippen LogP contribution in [-0.4, -0.2) is 34.8 Å². The lowest BCUT2D eigenvalue weighted by molar-refractivity contribution is 0.0526. The molecule has 0 atom stereocenters. The van der Waals surface area contributed by atoms with Crippen LogP contribution in [0.4, 0.5) is 0 Å². The molecule has 2 N–H and O–H groups in total. The van der Waals surface area contributed by atoms with E-state index in [9.17, 15) is 14.7 Å². The van der Waals surface area contributed by atoms with Crippen LogP contribution in [0.1, 0.15) is 17.3 Å². The lowest BCUT2D eigenvalue weighted by atomic mass is 10.1. The topological polar surface area (TPSA) is 102 Å². The number of hydrogen-bond donors (Lipinski definition) is 2. The molecule has 1 aromatic heterocycles. The summed E-state index contributed by atoms with van der Waals surface area (Å²) in [6.07, 6.45) is 0. The van der Waals surface area contributed by atoms with Crippen molar-refractivity contribution in [3.63, 3.8) is 0 Å². The van der Waals surface area contributed by atoms with E-state index in [0.717, 1.165) is 5.56 Å². The number of aromatic nitrogens is 2. The fourth-order valence-electron chi connectivity index (χ4n) is 2.60. The number of carbonyl (C=O) groups excluding carboxylic acids is 1. The van der Waals surface area contributed by atoms with Crippen LogP contribution >= 0.6 is 0 Å². The molecule has 3 aromatic rings. The molecule has 7 nitrogen and oxygen atoms in total. The maximum absolute atomic E-state index is 12.0. The number of nitrogens with one attached hydrogen (secondary N) is 1. The minimum Gasteiger partial charge on any atom is -0.504 e. The Morgan fingerprint density at radius 1 is 1.11 bits per heavy atom. The lowest BCUT2D eigenvalue weighted by Gasteiger charge is -2.08. The monoisotopic (exact) mass is 366 g/mol. The molecule has 0 radical (unpaired) electrons. The summed E-state index contributed by atoms with van der Waals surface area (Å²) in [5.74, 6) is -0.111. The van der Waals surface area contributed by atoms with E-state index in [1.165, 1.54) is 13.2 Å². The van der Waals surface area contributed by atoms with Crippen LogP contribution in [0.3, 0.4) is 0 Å². The van der Waals surface area contributed by atoms with Gasteiger partial charge >= 0.3 is 11.7 Å². The second-order valence-corrected chi connectivity index (χ2v) is 5.67. The van der Waals surface area contributed by atoms with Crippen molar-refractivity contribution in [1.29, 1.82) is 0 Å². The Balaban J connectivity index is 1.99. The molecule has 0 spiro atoms. The number of ether oxygens (including phenoxy) is 2. The number of aromatic hydroxyl groups is 1. The van der Waals surface area contributed by atoms with Gasteiger partial charge < -0.3 is 19.6 Å². The summed E-state index contributed by atoms with van der Waals surface area (Å²) in [5.41, 5.74) is 2.24. The first-order chi connectivity index (χ1) is 13.0. The number of rotatable bonds is 5. The number of hydrogen-bond acceptors (Lipinski definition) is 6. The van der Waals surface area contributed by atoms with Crippen molar-refractivity contribution in [3.05, 3.63) is 64.6 Å². The minimum atomic E-state index is -0.510. The van der Waals surface area contributed by atoms with Gasteiger partial charge in [0.05, 0.1) is 30.7 Å². The molecular formula is C20H18N2O5. The lowest BCUT2D eigenvalue weighted by Crippen LogP contribution is -2.12. The second-order valence-electron chi connectivity index (χ2n) is 5.67. The van der Waals surface area contributed by atoms with E-state index in [4.69, 9.17) is 9.47 Å². The Morgan fingerprint density at radius 2 is 1.81 bits per heavy atom. The minimum absolute atomic E-state index is 0.000804. The van der Waals surface area contributed by atoms with Gasteiger partial charge in [0.15, 0.2) is 11.5 Å². The SMILES string of the molecule is CCOC(=O)c1ccc(-c2cc(-c3ccc(O)c(OC)c3)nc(=O)[nH]2)cc1. The van der Waals surface area contributed by atoms with E-state index in [2.05, 4.69) is 9.97 Å². The molecule has 0 saturated carbocycles. The maximum atomic E-state index is 12.0. The molecule has 0 aliphatic carbocycles. The molecule has 0 bridgehead atoms. The van der Waals surface area contributed by atoms with Gasteiger partial charge in [0.1, 0.15) is 0 Å². The number of methoxy groups -OCH3 is 1. The fourth-order valence-corrected chi connectivity index (χ4v) is 2.60. The largest absolute Gasteiger partial charge is 0.504 e. The smallest absolute Gasteiger partial charge is 0.345 e. The van der Waals surface area contributed by atoms with E-state index in [-0.39, 0.29) is 11.5 Å². The number of H-pyrrole nitrogens is 1. The van der Waals surface area contributed by atoms with Crippen LogP contribution in [0.2, 0.25) is 0 Å². The highest BCUT2D eigenvalue weighted by molar-refractivity contribution is 5.90. The van der Waals surface area contributed by atoms with Crippen molar-refractivity contribution in [2.45, 2.75) is 6.92 Å². The predicted molar refractivity (Wildman–Crippen MR) is 99.9 cm³/mol. The third-order valence-corrected chi connectivity index (χ3v) is 3.93. The van der Waals surface area contributed by atoms with Gasteiger partial charge in [-0.1, -0.05) is 12.1 Å². The molecule has 2 aromatic carbocycles. The predicted octanol–water partition coefficient (Wildman–Crippen LogP) is 2.99. The second kappa shape index (κ2) is 7.74. The molecule has 0 saturated heterocycles. The average Bonchev–Trinajstić information content (AvgIpc) is 2.68. The highest BCUT2D eigenvalue weighted by Gasteiger charge is 2.10. The van der Waals surface area contributed by atoms with Crippen molar-refractivity contribution in [2.75, 3.05) is 13.7 Å². The van der Waals surface area contributed by atoms with E-state index < -0.39 is 11.7 Å². The van der Waals surface area contributed by atoms with Gasteiger partial charge in [-0.2, -0.15) is 4.98 Å². The van der Waals surface area contributed by atoms with Crippen molar-refractivity contribution >= 4 is 5.97 Å². The summed E-state index contributed by atoms with van der Waals surface area (Å²) in [6, 6.07) is 13.2. The average molecular weight is 366 g/mol. The number of benzene rings is 2. The highest BCUT2D eigenvalue weighted by atomic mass is 16.5. The van der Waals surface area contributed by atoms with Crippen molar-refractivity contribution in [3.8, 4) is 34.0 Å². The Hall–Kier alpha value is -3.61. The molecular weight excluding hydrogens is 348 g/mol. The molecule has 1 heterocycles. The number of carbonyl (C=O) groups is 1. The van der Waals surface area contributed by atoms with Crippen molar-refractivity contribution in [1.82, 2.24) is 9.97 Å². The van der Waals surface area contributed by atoms with Crippen LogP contribution in [0, 0.1) is 0 Å². The van der Waals surface area contributed by atoms with Crippen LogP contribution < -0.4 is 10.4 Å². The van der Waals surface area contributed by atoms with Gasteiger partial charge in [-0.25, -0.2) is 9.59 Å². The van der Waals surface area contributed by atoms with Gasteiger partial charge in [-0.3, -0.25) is 0 Å². The molecule has 0 fully saturated rings. The molecule has 138 valence electrons. The molecule has 0 unspecified atom stereocenters. The summed E-state index contributed by atoms with van der Waals surface area (Å²) in [7, 11) is 1.45. The third kappa shape index (κ3) is 3.98. The van der Waals surface area contributed by atoms with E-state index >= 15 is 0 Å². The molecule has 27 heavy (non-hydrogen) atoms. The Bertz CT molecular complexity index is 1030. The van der Waals surface area contributed by atoms with E-state index in [0.29, 0.717) is 29.1 Å². The summed E-state index contributed by atoms with van der Waals surface area (Å²) < 4.78 is 10.1. The van der Waals surface area contributed by atoms with Gasteiger partial charge in [-0.05, 0) is 48.9 Å². The Morgan fingerprint density at radius 3 is 2.48 bits per heavy atom. The number of esters is 1. The Kier molecular flexibility index (Phi) is 5.21. The zero-order valence-electron chi connectivity index (χ0n) is 14.9. The van der Waals surface area contributed by atoms with Gasteiger partial charge in [0, 0.05) is 5.56 Å². The molecule has 0 amide bonds. The number of phenolic OH excluding ortho intramolecular Hbond substituents is 1. The standard InChI is InChI=1S/C20H18N2O5/c1-3-27-19(24)13-6-4-12(5-7-13)15-11-16(22-20(25)21-15)14-8-9-17(23)18(10-14)26-2/h4-11,23H,3H2,1-2H3,(H,21,22,25). The first kappa shape index (κ1) is 18.2. The van der Waals surface area contributed by atoms with E-state index in [1.54, 1.807) is 49.4 Å². The van der Waals surface area contributed by atoms with Crippen LogP contribution in [0.15, 0.2) is 53.3 Å². The summed E-state index contributed by atoms with van der Waals surface area (Å²) in [5, 5.41) is 9.73. The van der Waals surface area contributed by atoms with Crippen LogP contribution in [0.25, 0.3) is 22.5 Å². The Labute approximate surface area is 155 Å². The quantitative estimate of drug-likeness (QED) is 0.673. The molecule has 0 aliphatic rings. The fraction of sp³-hybridized carbons (Fsp3) is 0.150. The first-order valence-corrected chi connectivity index (χ1v) is 8.28. The molecule has 7 heteroatoms. The van der Waals surface area contributed by atoms with Gasteiger partial charge in [0.2, 0.25) is 0 Å². The zero-order valence-corrected chi connectivity index (χ0v) is 14.9. The normalized spacial score (nSPS) is 10.4. The first-order valence-electron chi connectivity index (χ1n) is 8.28. The maximum Gasteiger partial charge on any atom is 0.345 e. The number of nitrogens with zero attached hydrogens (tertiary/aromatic N) is 1. The summed E-state index contributed by atoms with van der Waals surface area (Å²) in [6.45, 7) is 2.05. The molecule has 0 aliphatic heterocycles. The van der Waals surface area contributed by atoms with E-state index in [1.807, 2.05) is 0 Å². The van der Waals surface area contributed by atoms with Crippen molar-refractivity contribution < 1.29 is 19.4 Å². The summed E-state index contributed by atoms with van der Waals surface area (Å²) in [4.78, 5) is 30.4. The number of phenols is 1. The summed E-state index contributed by atoms with van der Waals surface area (Å²) >= 11 is 0. The number of aromatic amines is 1. The van der Waals surface area contributed by atoms with Gasteiger partial charge in [-0.15, -0.1) is 0 Å².